The van der Waals surface area contributed by atoms with Gasteiger partial charge in [-0.25, -0.2) is 9.59 Å². The summed E-state index contributed by atoms with van der Waals surface area (Å²) in [6, 6.07) is 0.572. The molecule has 0 aromatic carbocycles. The molecule has 9 heteroatoms. The van der Waals surface area contributed by atoms with Gasteiger partial charge in [0.15, 0.2) is 0 Å². The van der Waals surface area contributed by atoms with Gasteiger partial charge in [-0.3, -0.25) is 0 Å². The van der Waals surface area contributed by atoms with Crippen molar-refractivity contribution in [3.05, 3.63) is 12.2 Å². The standard InChI is InChI=1S/C14H27NO7Si/c1-11(2)13(16)21-10-12(3)22-14(17)15-8-7-9-23(18-4,19-5)20-6/h12H,1,7-10H2,2-6H3,(H,15,17). The molecule has 0 aromatic rings. The minimum absolute atomic E-state index is 0.0217. The second kappa shape index (κ2) is 11.2. The van der Waals surface area contributed by atoms with Crippen molar-refractivity contribution in [2.45, 2.75) is 32.4 Å². The highest BCUT2D eigenvalue weighted by atomic mass is 28.4. The maximum absolute atomic E-state index is 11.6. The highest BCUT2D eigenvalue weighted by molar-refractivity contribution is 6.60. The first-order chi connectivity index (χ1) is 10.8. The lowest BCUT2D eigenvalue weighted by molar-refractivity contribution is -0.141. The fraction of sp³-hybridized carbons (Fsp3) is 0.714. The largest absolute Gasteiger partial charge is 0.500 e. The molecule has 0 saturated carbocycles. The minimum atomic E-state index is -2.62. The first kappa shape index (κ1) is 21.6. The number of hydrogen-bond acceptors (Lipinski definition) is 7. The molecule has 0 aromatic heterocycles. The SMILES string of the molecule is C=C(C)C(=O)OCC(C)OC(=O)NCCC[Si](OC)(OC)OC. The highest BCUT2D eigenvalue weighted by Crippen LogP contribution is 2.14. The number of carbonyl (C=O) groups is 2. The first-order valence-electron chi connectivity index (χ1n) is 7.22. The molecule has 1 N–H and O–H groups in total. The van der Waals surface area contributed by atoms with Gasteiger partial charge in [-0.1, -0.05) is 6.58 Å². The summed E-state index contributed by atoms with van der Waals surface area (Å²) < 4.78 is 25.8. The molecule has 0 aliphatic carbocycles. The van der Waals surface area contributed by atoms with Gasteiger partial charge in [0.2, 0.25) is 0 Å². The molecule has 8 nitrogen and oxygen atoms in total. The van der Waals surface area contributed by atoms with E-state index in [0.29, 0.717) is 24.6 Å². The van der Waals surface area contributed by atoms with Crippen LogP contribution >= 0.6 is 0 Å². The summed E-state index contributed by atoms with van der Waals surface area (Å²) in [6.07, 6.45) is -0.511. The van der Waals surface area contributed by atoms with Gasteiger partial charge in [0.25, 0.3) is 0 Å². The number of ether oxygens (including phenoxy) is 2. The van der Waals surface area contributed by atoms with Crippen molar-refractivity contribution in [2.75, 3.05) is 34.5 Å². The van der Waals surface area contributed by atoms with Crippen molar-refractivity contribution < 1.29 is 32.3 Å². The van der Waals surface area contributed by atoms with E-state index in [1.165, 1.54) is 21.3 Å². The summed E-state index contributed by atoms with van der Waals surface area (Å²) in [5, 5.41) is 2.61. The zero-order chi connectivity index (χ0) is 17.9. The fourth-order valence-electron chi connectivity index (χ4n) is 1.63. The van der Waals surface area contributed by atoms with Gasteiger partial charge in [-0.2, -0.15) is 0 Å². The molecular formula is C14H27NO7Si. The van der Waals surface area contributed by atoms with Crippen LogP contribution in [0.2, 0.25) is 6.04 Å². The van der Waals surface area contributed by atoms with Crippen molar-refractivity contribution in [3.63, 3.8) is 0 Å². The van der Waals surface area contributed by atoms with E-state index in [1.54, 1.807) is 13.8 Å². The summed E-state index contributed by atoms with van der Waals surface area (Å²) in [5.74, 6) is -0.513. The molecule has 0 spiro atoms. The number of alkyl carbamates (subject to hydrolysis) is 1. The Bertz CT molecular complexity index is 390. The van der Waals surface area contributed by atoms with Crippen LogP contribution in [0.3, 0.4) is 0 Å². The molecule has 134 valence electrons. The summed E-state index contributed by atoms with van der Waals surface area (Å²) in [4.78, 5) is 22.8. The normalized spacial score (nSPS) is 12.4. The molecule has 23 heavy (non-hydrogen) atoms. The van der Waals surface area contributed by atoms with Crippen molar-refractivity contribution in [2.24, 2.45) is 0 Å². The van der Waals surface area contributed by atoms with Crippen LogP contribution in [-0.4, -0.2) is 61.5 Å². The Kier molecular flexibility index (Phi) is 10.5. The molecule has 0 bridgehead atoms. The van der Waals surface area contributed by atoms with Crippen molar-refractivity contribution in [1.82, 2.24) is 5.32 Å². The number of nitrogens with one attached hydrogen (secondary N) is 1. The van der Waals surface area contributed by atoms with Gasteiger partial charge < -0.3 is 28.1 Å². The molecule has 0 aliphatic rings. The Morgan fingerprint density at radius 1 is 1.17 bits per heavy atom. The van der Waals surface area contributed by atoms with E-state index >= 15 is 0 Å². The molecule has 0 aliphatic heterocycles. The zero-order valence-electron chi connectivity index (χ0n) is 14.5. The average molecular weight is 349 g/mol. The monoisotopic (exact) mass is 349 g/mol. The third-order valence-corrected chi connectivity index (χ3v) is 5.80. The fourth-order valence-corrected chi connectivity index (χ4v) is 3.35. The van der Waals surface area contributed by atoms with E-state index in [-0.39, 0.29) is 6.61 Å². The maximum atomic E-state index is 11.6. The molecule has 0 heterocycles. The smallest absolute Gasteiger partial charge is 0.458 e. The third kappa shape index (κ3) is 8.70. The lowest BCUT2D eigenvalue weighted by Gasteiger charge is -2.24. The first-order valence-corrected chi connectivity index (χ1v) is 9.16. The average Bonchev–Trinajstić information content (AvgIpc) is 2.53. The Morgan fingerprint density at radius 2 is 1.74 bits per heavy atom. The molecule has 1 atom stereocenters. The predicted octanol–water partition coefficient (Wildman–Crippen LogP) is 1.49. The van der Waals surface area contributed by atoms with Gasteiger partial charge >= 0.3 is 20.9 Å². The predicted molar refractivity (Wildman–Crippen MR) is 85.9 cm³/mol. The van der Waals surface area contributed by atoms with Crippen LogP contribution in [0.25, 0.3) is 0 Å². The molecule has 0 fully saturated rings. The number of carbonyl (C=O) groups excluding carboxylic acids is 2. The minimum Gasteiger partial charge on any atom is -0.458 e. The van der Waals surface area contributed by atoms with E-state index in [1.807, 2.05) is 0 Å². The van der Waals surface area contributed by atoms with Gasteiger partial charge in [0, 0.05) is 39.5 Å². The van der Waals surface area contributed by atoms with Crippen LogP contribution < -0.4 is 5.32 Å². The lowest BCUT2D eigenvalue weighted by atomic mass is 10.3. The summed E-state index contributed by atoms with van der Waals surface area (Å²) in [6.45, 7) is 7.01. The second-order valence-corrected chi connectivity index (χ2v) is 8.01. The number of rotatable bonds is 11. The Morgan fingerprint density at radius 3 is 2.22 bits per heavy atom. The molecule has 0 saturated heterocycles. The van der Waals surface area contributed by atoms with Gasteiger partial charge in [0.05, 0.1) is 0 Å². The molecule has 1 unspecified atom stereocenters. The number of esters is 1. The van der Waals surface area contributed by atoms with Crippen LogP contribution in [0.1, 0.15) is 20.3 Å². The summed E-state index contributed by atoms with van der Waals surface area (Å²) >= 11 is 0. The number of hydrogen-bond donors (Lipinski definition) is 1. The number of amides is 1. The quantitative estimate of drug-likeness (QED) is 0.261. The Balaban J connectivity index is 3.94. The molecule has 0 rings (SSSR count). The second-order valence-electron chi connectivity index (χ2n) is 4.92. The van der Waals surface area contributed by atoms with Crippen LogP contribution in [0, 0.1) is 0 Å². The zero-order valence-corrected chi connectivity index (χ0v) is 15.5. The van der Waals surface area contributed by atoms with Gasteiger partial charge in [-0.15, -0.1) is 0 Å². The summed E-state index contributed by atoms with van der Waals surface area (Å²) in [7, 11) is 1.99. The van der Waals surface area contributed by atoms with Gasteiger partial charge in [0.1, 0.15) is 12.7 Å². The van der Waals surface area contributed by atoms with Crippen molar-refractivity contribution >= 4 is 20.9 Å². The third-order valence-electron chi connectivity index (χ3n) is 2.97. The Labute approximate surface area is 138 Å². The lowest BCUT2D eigenvalue weighted by Crippen LogP contribution is -2.43. The molecule has 1 amide bonds. The van der Waals surface area contributed by atoms with Gasteiger partial charge in [-0.05, 0) is 20.3 Å². The van der Waals surface area contributed by atoms with E-state index < -0.39 is 27.0 Å². The highest BCUT2D eigenvalue weighted by Gasteiger charge is 2.36. The Hall–Kier alpha value is -1.42. The van der Waals surface area contributed by atoms with E-state index in [4.69, 9.17) is 22.8 Å². The van der Waals surface area contributed by atoms with Crippen molar-refractivity contribution in [3.8, 4) is 0 Å². The van der Waals surface area contributed by atoms with E-state index in [2.05, 4.69) is 11.9 Å². The maximum Gasteiger partial charge on any atom is 0.500 e. The van der Waals surface area contributed by atoms with Crippen LogP contribution in [-0.2, 0) is 27.5 Å². The van der Waals surface area contributed by atoms with Crippen LogP contribution in [0.5, 0.6) is 0 Å². The molecule has 0 radical (unpaired) electrons. The van der Waals surface area contributed by atoms with E-state index in [0.717, 1.165) is 0 Å². The van der Waals surface area contributed by atoms with E-state index in [9.17, 15) is 9.59 Å². The summed E-state index contributed by atoms with van der Waals surface area (Å²) in [5.41, 5.74) is 0.295. The van der Waals surface area contributed by atoms with Crippen LogP contribution in [0.4, 0.5) is 4.79 Å². The van der Waals surface area contributed by atoms with Crippen LogP contribution in [0.15, 0.2) is 12.2 Å². The topological polar surface area (TPSA) is 92.3 Å². The van der Waals surface area contributed by atoms with Crippen molar-refractivity contribution in [1.29, 1.82) is 0 Å². The molecular weight excluding hydrogens is 322 g/mol.